The summed E-state index contributed by atoms with van der Waals surface area (Å²) in [4.78, 5) is 12.5. The third-order valence-corrected chi connectivity index (χ3v) is 3.75. The van der Waals surface area contributed by atoms with Crippen LogP contribution in [0.2, 0.25) is 5.28 Å². The highest BCUT2D eigenvalue weighted by molar-refractivity contribution is 6.28. The first-order chi connectivity index (χ1) is 10.3. The molecule has 1 aliphatic heterocycles. The molecule has 21 heavy (non-hydrogen) atoms. The van der Waals surface area contributed by atoms with Crippen molar-refractivity contribution in [2.24, 2.45) is 5.92 Å². The largest absolute Gasteiger partial charge is 0.378 e. The van der Waals surface area contributed by atoms with Crippen LogP contribution in [0.25, 0.3) is 5.95 Å². The minimum absolute atomic E-state index is 0.146. The predicted octanol–water partition coefficient (Wildman–Crippen LogP) is 1.94. The van der Waals surface area contributed by atoms with Crippen LogP contribution < -0.4 is 5.32 Å². The molecule has 1 N–H and O–H groups in total. The number of ether oxygens (including phenoxy) is 1. The topological polar surface area (TPSA) is 77.8 Å². The third-order valence-electron chi connectivity index (χ3n) is 3.58. The number of nitrogens with one attached hydrogen (secondary N) is 1. The van der Waals surface area contributed by atoms with Crippen LogP contribution in [0.5, 0.6) is 0 Å². The summed E-state index contributed by atoms with van der Waals surface area (Å²) in [7, 11) is 0. The summed E-state index contributed by atoms with van der Waals surface area (Å²) >= 11 is 5.95. The zero-order valence-corrected chi connectivity index (χ0v) is 12.5. The molecule has 0 aliphatic carbocycles. The molecule has 112 valence electrons. The number of halogens is 1. The molecule has 1 saturated heterocycles. The zero-order chi connectivity index (χ0) is 14.7. The van der Waals surface area contributed by atoms with E-state index in [0.717, 1.165) is 26.0 Å². The quantitative estimate of drug-likeness (QED) is 0.909. The molecule has 8 heteroatoms. The Morgan fingerprint density at radius 2 is 2.33 bits per heavy atom. The van der Waals surface area contributed by atoms with Gasteiger partial charge in [-0.15, -0.1) is 0 Å². The lowest BCUT2D eigenvalue weighted by molar-refractivity contribution is 0.0900. The van der Waals surface area contributed by atoms with E-state index in [0.29, 0.717) is 23.9 Å². The highest BCUT2D eigenvalue weighted by atomic mass is 35.5. The summed E-state index contributed by atoms with van der Waals surface area (Å²) in [6, 6.07) is 1.80. The zero-order valence-electron chi connectivity index (χ0n) is 11.7. The second kappa shape index (κ2) is 6.36. The number of nitrogens with zero attached hydrogens (tertiary/aromatic N) is 5. The summed E-state index contributed by atoms with van der Waals surface area (Å²) in [5.74, 6) is 1.33. The van der Waals surface area contributed by atoms with E-state index in [1.54, 1.807) is 23.1 Å². The molecule has 0 amide bonds. The Hall–Kier alpha value is -1.73. The van der Waals surface area contributed by atoms with E-state index in [4.69, 9.17) is 16.3 Å². The second-order valence-electron chi connectivity index (χ2n) is 4.93. The minimum atomic E-state index is 0.146. The lowest BCUT2D eigenvalue weighted by Crippen LogP contribution is -2.23. The van der Waals surface area contributed by atoms with Gasteiger partial charge in [0.15, 0.2) is 0 Å². The van der Waals surface area contributed by atoms with Gasteiger partial charge in [0.2, 0.25) is 11.2 Å². The van der Waals surface area contributed by atoms with Crippen LogP contribution in [0.4, 0.5) is 5.95 Å². The van der Waals surface area contributed by atoms with Crippen LogP contribution in [0.3, 0.4) is 0 Å². The molecule has 0 saturated carbocycles. The van der Waals surface area contributed by atoms with Gasteiger partial charge in [-0.3, -0.25) is 0 Å². The van der Waals surface area contributed by atoms with E-state index < -0.39 is 0 Å². The van der Waals surface area contributed by atoms with E-state index in [-0.39, 0.29) is 5.28 Å². The molecule has 0 radical (unpaired) electrons. The normalized spacial score (nSPS) is 21.6. The fraction of sp³-hybridized carbons (Fsp3) is 0.538. The minimum Gasteiger partial charge on any atom is -0.378 e. The van der Waals surface area contributed by atoms with Gasteiger partial charge in [0.05, 0.1) is 6.10 Å². The SMILES string of the molecule is CCC1OCCC1CNc1nc(Cl)nc(-n2cccn2)n1. The van der Waals surface area contributed by atoms with E-state index >= 15 is 0 Å². The van der Waals surface area contributed by atoms with Crippen molar-refractivity contribution in [2.75, 3.05) is 18.5 Å². The van der Waals surface area contributed by atoms with Crippen molar-refractivity contribution in [3.05, 3.63) is 23.7 Å². The van der Waals surface area contributed by atoms with E-state index in [1.807, 2.05) is 0 Å². The molecule has 3 heterocycles. The molecule has 1 aliphatic rings. The number of anilines is 1. The highest BCUT2D eigenvalue weighted by Gasteiger charge is 2.26. The van der Waals surface area contributed by atoms with Crippen molar-refractivity contribution in [1.29, 1.82) is 0 Å². The van der Waals surface area contributed by atoms with Gasteiger partial charge in [0, 0.05) is 31.5 Å². The lowest BCUT2D eigenvalue weighted by Gasteiger charge is -2.17. The summed E-state index contributed by atoms with van der Waals surface area (Å²) in [6.45, 7) is 3.72. The van der Waals surface area contributed by atoms with Gasteiger partial charge in [-0.1, -0.05) is 6.92 Å². The molecule has 0 spiro atoms. The molecule has 2 aromatic rings. The first kappa shape index (κ1) is 14.2. The van der Waals surface area contributed by atoms with E-state index in [2.05, 4.69) is 32.3 Å². The van der Waals surface area contributed by atoms with Gasteiger partial charge in [-0.05, 0) is 30.5 Å². The Kier molecular flexibility index (Phi) is 4.31. The van der Waals surface area contributed by atoms with Crippen LogP contribution in [-0.2, 0) is 4.74 Å². The van der Waals surface area contributed by atoms with Crippen molar-refractivity contribution < 1.29 is 4.74 Å². The van der Waals surface area contributed by atoms with Crippen LogP contribution in [0.15, 0.2) is 18.5 Å². The lowest BCUT2D eigenvalue weighted by atomic mass is 10.00. The van der Waals surface area contributed by atoms with Crippen LogP contribution in [0, 0.1) is 5.92 Å². The molecule has 0 aromatic carbocycles. The van der Waals surface area contributed by atoms with Gasteiger partial charge in [-0.25, -0.2) is 4.68 Å². The molecular weight excluding hydrogens is 292 g/mol. The average Bonchev–Trinajstić information content (AvgIpc) is 3.15. The average molecular weight is 309 g/mol. The molecule has 7 nitrogen and oxygen atoms in total. The van der Waals surface area contributed by atoms with E-state index in [1.165, 1.54) is 0 Å². The maximum absolute atomic E-state index is 5.95. The summed E-state index contributed by atoms with van der Waals surface area (Å²) in [5.41, 5.74) is 0. The Morgan fingerprint density at radius 1 is 1.43 bits per heavy atom. The van der Waals surface area contributed by atoms with Crippen molar-refractivity contribution in [2.45, 2.75) is 25.9 Å². The monoisotopic (exact) mass is 308 g/mol. The first-order valence-electron chi connectivity index (χ1n) is 7.03. The molecule has 2 atom stereocenters. The molecular formula is C13H17ClN6O. The Morgan fingerprint density at radius 3 is 3.10 bits per heavy atom. The number of rotatable bonds is 5. The maximum atomic E-state index is 5.95. The molecule has 1 fully saturated rings. The van der Waals surface area contributed by atoms with E-state index in [9.17, 15) is 0 Å². The summed E-state index contributed by atoms with van der Waals surface area (Å²) in [5, 5.41) is 7.46. The van der Waals surface area contributed by atoms with Crippen LogP contribution in [0.1, 0.15) is 19.8 Å². The Balaban J connectivity index is 1.71. The fourth-order valence-corrected chi connectivity index (χ4v) is 2.66. The van der Waals surface area contributed by atoms with Crippen molar-refractivity contribution >= 4 is 17.5 Å². The van der Waals surface area contributed by atoms with Gasteiger partial charge in [0.25, 0.3) is 5.95 Å². The second-order valence-corrected chi connectivity index (χ2v) is 5.26. The van der Waals surface area contributed by atoms with Gasteiger partial charge in [0.1, 0.15) is 0 Å². The number of aromatic nitrogens is 5. The smallest absolute Gasteiger partial charge is 0.256 e. The molecule has 0 bridgehead atoms. The maximum Gasteiger partial charge on any atom is 0.256 e. The Bertz CT molecular complexity index is 590. The fourth-order valence-electron chi connectivity index (χ4n) is 2.51. The standard InChI is InChI=1S/C13H17ClN6O/c1-2-10-9(4-7-21-10)8-15-12-17-11(14)18-13(19-12)20-6-3-5-16-20/h3,5-6,9-10H,2,4,7-8H2,1H3,(H,15,17,18,19). The van der Waals surface area contributed by atoms with Gasteiger partial charge in [-0.2, -0.15) is 20.1 Å². The number of hydrogen-bond acceptors (Lipinski definition) is 6. The summed E-state index contributed by atoms with van der Waals surface area (Å²) in [6.07, 6.45) is 5.79. The number of hydrogen-bond donors (Lipinski definition) is 1. The van der Waals surface area contributed by atoms with Crippen LogP contribution in [-0.4, -0.2) is 44.0 Å². The van der Waals surface area contributed by atoms with Gasteiger partial charge >= 0.3 is 0 Å². The predicted molar refractivity (Wildman–Crippen MR) is 78.6 cm³/mol. The van der Waals surface area contributed by atoms with Crippen molar-refractivity contribution in [1.82, 2.24) is 24.7 Å². The first-order valence-corrected chi connectivity index (χ1v) is 7.41. The third kappa shape index (κ3) is 3.30. The van der Waals surface area contributed by atoms with Gasteiger partial charge < -0.3 is 10.1 Å². The highest BCUT2D eigenvalue weighted by Crippen LogP contribution is 2.23. The molecule has 3 rings (SSSR count). The summed E-state index contributed by atoms with van der Waals surface area (Å²) < 4.78 is 7.22. The molecule has 2 unspecified atom stereocenters. The Labute approximate surface area is 127 Å². The van der Waals surface area contributed by atoms with Crippen LogP contribution >= 0.6 is 11.6 Å². The molecule has 2 aromatic heterocycles. The van der Waals surface area contributed by atoms with Crippen molar-refractivity contribution in [3.8, 4) is 5.95 Å². The van der Waals surface area contributed by atoms with Crippen molar-refractivity contribution in [3.63, 3.8) is 0 Å².